The van der Waals surface area contributed by atoms with Gasteiger partial charge in [-0.1, -0.05) is 18.2 Å². The highest BCUT2D eigenvalue weighted by molar-refractivity contribution is 5.84. The van der Waals surface area contributed by atoms with Crippen molar-refractivity contribution in [1.29, 1.82) is 0 Å². The Morgan fingerprint density at radius 2 is 2.07 bits per heavy atom. The van der Waals surface area contributed by atoms with Crippen molar-refractivity contribution in [2.24, 2.45) is 5.92 Å². The van der Waals surface area contributed by atoms with E-state index in [2.05, 4.69) is 47.6 Å². The molecule has 0 unspecified atom stereocenters. The standard InChI is InChI=1S/C22H32N4O3/c1-22(2)12-17-4-3-5-18(20(17)29-22)14-25-9-6-16(7-10-25)13-24-19(27)15-26-11-8-23-21(26)28/h3-5,16H,6-15H2,1-2H3,(H,23,28)(H,24,27). The van der Waals surface area contributed by atoms with Crippen LogP contribution in [0.1, 0.15) is 37.8 Å². The van der Waals surface area contributed by atoms with Gasteiger partial charge in [0.2, 0.25) is 5.91 Å². The molecule has 158 valence electrons. The van der Waals surface area contributed by atoms with Crippen molar-refractivity contribution in [3.8, 4) is 5.75 Å². The molecule has 4 rings (SSSR count). The van der Waals surface area contributed by atoms with Gasteiger partial charge >= 0.3 is 6.03 Å². The van der Waals surface area contributed by atoms with Gasteiger partial charge in [-0.05, 0) is 51.3 Å². The van der Waals surface area contributed by atoms with Gasteiger partial charge < -0.3 is 20.3 Å². The van der Waals surface area contributed by atoms with Crippen molar-refractivity contribution in [2.75, 3.05) is 39.3 Å². The molecule has 3 amide bonds. The van der Waals surface area contributed by atoms with Gasteiger partial charge in [-0.3, -0.25) is 9.69 Å². The average molecular weight is 401 g/mol. The number of carbonyl (C=O) groups is 2. The number of para-hydroxylation sites is 1. The number of rotatable bonds is 6. The second-order valence-electron chi connectivity index (χ2n) is 9.12. The zero-order chi connectivity index (χ0) is 20.4. The van der Waals surface area contributed by atoms with Crippen LogP contribution in [0.3, 0.4) is 0 Å². The number of benzene rings is 1. The third-order valence-corrected chi connectivity index (χ3v) is 6.14. The third-order valence-electron chi connectivity index (χ3n) is 6.14. The van der Waals surface area contributed by atoms with E-state index in [1.54, 1.807) is 4.90 Å². The smallest absolute Gasteiger partial charge is 0.317 e. The number of urea groups is 1. The lowest BCUT2D eigenvalue weighted by molar-refractivity contribution is -0.121. The largest absolute Gasteiger partial charge is 0.487 e. The Bertz CT molecular complexity index is 771. The Morgan fingerprint density at radius 3 is 2.79 bits per heavy atom. The Kier molecular flexibility index (Phi) is 5.67. The van der Waals surface area contributed by atoms with Crippen molar-refractivity contribution >= 4 is 11.9 Å². The minimum Gasteiger partial charge on any atom is -0.487 e. The normalized spacial score (nSPS) is 21.6. The SMILES string of the molecule is CC1(C)Cc2cccc(CN3CCC(CNC(=O)CN4CCNC4=O)CC3)c2O1. The molecule has 29 heavy (non-hydrogen) atoms. The van der Waals surface area contributed by atoms with Crippen LogP contribution in [-0.4, -0.2) is 66.6 Å². The van der Waals surface area contributed by atoms with Crippen LogP contribution in [0.15, 0.2) is 18.2 Å². The van der Waals surface area contributed by atoms with Crippen LogP contribution in [0.4, 0.5) is 4.79 Å². The first-order chi connectivity index (χ1) is 13.9. The maximum atomic E-state index is 12.1. The fourth-order valence-corrected chi connectivity index (χ4v) is 4.54. The summed E-state index contributed by atoms with van der Waals surface area (Å²) < 4.78 is 6.21. The molecular formula is C22H32N4O3. The third kappa shape index (κ3) is 4.83. The molecule has 3 aliphatic heterocycles. The van der Waals surface area contributed by atoms with Crippen molar-refractivity contribution in [1.82, 2.24) is 20.4 Å². The molecule has 1 aromatic rings. The van der Waals surface area contributed by atoms with Crippen LogP contribution in [0.2, 0.25) is 0 Å². The minimum absolute atomic E-state index is 0.0657. The molecule has 0 atom stereocenters. The Labute approximate surface area is 172 Å². The molecule has 1 aromatic carbocycles. The number of likely N-dealkylation sites (tertiary alicyclic amines) is 1. The number of carbonyl (C=O) groups excluding carboxylic acids is 2. The Balaban J connectivity index is 1.21. The number of nitrogens with one attached hydrogen (secondary N) is 2. The number of piperidine rings is 1. The molecule has 0 spiro atoms. The molecule has 0 aromatic heterocycles. The summed E-state index contributed by atoms with van der Waals surface area (Å²) in [6.45, 7) is 9.35. The summed E-state index contributed by atoms with van der Waals surface area (Å²) in [4.78, 5) is 27.7. The second-order valence-corrected chi connectivity index (χ2v) is 9.12. The monoisotopic (exact) mass is 400 g/mol. The van der Waals surface area contributed by atoms with Crippen molar-refractivity contribution in [3.05, 3.63) is 29.3 Å². The average Bonchev–Trinajstić information content (AvgIpc) is 3.23. The Hall–Kier alpha value is -2.28. The maximum absolute atomic E-state index is 12.1. The molecule has 2 N–H and O–H groups in total. The first-order valence-corrected chi connectivity index (χ1v) is 10.7. The molecule has 0 aliphatic carbocycles. The predicted molar refractivity (Wildman–Crippen MR) is 111 cm³/mol. The molecule has 2 fully saturated rings. The van der Waals surface area contributed by atoms with Crippen LogP contribution in [0.25, 0.3) is 0 Å². The molecule has 2 saturated heterocycles. The highest BCUT2D eigenvalue weighted by Crippen LogP contribution is 2.38. The number of nitrogens with zero attached hydrogens (tertiary/aromatic N) is 2. The molecular weight excluding hydrogens is 368 g/mol. The summed E-state index contributed by atoms with van der Waals surface area (Å²) in [5, 5.41) is 5.73. The van der Waals surface area contributed by atoms with Gasteiger partial charge in [-0.15, -0.1) is 0 Å². The predicted octanol–water partition coefficient (Wildman–Crippen LogP) is 1.75. The van der Waals surface area contributed by atoms with Crippen LogP contribution in [0.5, 0.6) is 5.75 Å². The van der Waals surface area contributed by atoms with Crippen LogP contribution in [-0.2, 0) is 17.8 Å². The first-order valence-electron chi connectivity index (χ1n) is 10.7. The van der Waals surface area contributed by atoms with E-state index in [-0.39, 0.29) is 24.1 Å². The van der Waals surface area contributed by atoms with Gasteiger partial charge in [0, 0.05) is 38.2 Å². The van der Waals surface area contributed by atoms with Crippen LogP contribution >= 0.6 is 0 Å². The van der Waals surface area contributed by atoms with E-state index in [4.69, 9.17) is 4.74 Å². The molecule has 7 heteroatoms. The molecule has 0 saturated carbocycles. The topological polar surface area (TPSA) is 73.9 Å². The van der Waals surface area contributed by atoms with Crippen LogP contribution < -0.4 is 15.4 Å². The fourth-order valence-electron chi connectivity index (χ4n) is 4.54. The quantitative estimate of drug-likeness (QED) is 0.763. The number of fused-ring (bicyclic) bond motifs is 1. The molecule has 3 heterocycles. The zero-order valence-corrected chi connectivity index (χ0v) is 17.5. The molecule has 0 radical (unpaired) electrons. The van der Waals surface area contributed by atoms with Crippen molar-refractivity contribution in [3.63, 3.8) is 0 Å². The first kappa shape index (κ1) is 20.0. The van der Waals surface area contributed by atoms with E-state index in [0.717, 1.165) is 44.6 Å². The summed E-state index contributed by atoms with van der Waals surface area (Å²) in [7, 11) is 0. The van der Waals surface area contributed by atoms with E-state index in [9.17, 15) is 9.59 Å². The van der Waals surface area contributed by atoms with Gasteiger partial charge in [0.25, 0.3) is 0 Å². The summed E-state index contributed by atoms with van der Waals surface area (Å²) in [5.41, 5.74) is 2.49. The number of hydrogen-bond acceptors (Lipinski definition) is 4. The van der Waals surface area contributed by atoms with E-state index < -0.39 is 0 Å². The zero-order valence-electron chi connectivity index (χ0n) is 17.5. The molecule has 7 nitrogen and oxygen atoms in total. The maximum Gasteiger partial charge on any atom is 0.317 e. The summed E-state index contributed by atoms with van der Waals surface area (Å²) in [5.74, 6) is 1.52. The highest BCUT2D eigenvalue weighted by atomic mass is 16.5. The van der Waals surface area contributed by atoms with Gasteiger partial charge in [-0.25, -0.2) is 4.79 Å². The minimum atomic E-state index is -0.145. The molecule has 0 bridgehead atoms. The lowest BCUT2D eigenvalue weighted by Gasteiger charge is -2.32. The highest BCUT2D eigenvalue weighted by Gasteiger charge is 2.32. The van der Waals surface area contributed by atoms with Crippen molar-refractivity contribution < 1.29 is 14.3 Å². The molecule has 3 aliphatic rings. The fraction of sp³-hybridized carbons (Fsp3) is 0.636. The second kappa shape index (κ2) is 8.22. The summed E-state index contributed by atoms with van der Waals surface area (Å²) >= 11 is 0. The summed E-state index contributed by atoms with van der Waals surface area (Å²) in [6, 6.07) is 6.35. The lowest BCUT2D eigenvalue weighted by atomic mass is 9.96. The van der Waals surface area contributed by atoms with Crippen LogP contribution in [0, 0.1) is 5.92 Å². The number of amides is 3. The Morgan fingerprint density at radius 1 is 1.28 bits per heavy atom. The van der Waals surface area contributed by atoms with Gasteiger partial charge in [0.1, 0.15) is 17.9 Å². The number of hydrogen-bond donors (Lipinski definition) is 2. The number of ether oxygens (including phenoxy) is 1. The van der Waals surface area contributed by atoms with E-state index in [1.165, 1.54) is 11.1 Å². The van der Waals surface area contributed by atoms with E-state index in [0.29, 0.717) is 25.6 Å². The van der Waals surface area contributed by atoms with Crippen molar-refractivity contribution in [2.45, 2.75) is 45.3 Å². The van der Waals surface area contributed by atoms with E-state index >= 15 is 0 Å². The van der Waals surface area contributed by atoms with Gasteiger partial charge in [0.05, 0.1) is 0 Å². The summed E-state index contributed by atoms with van der Waals surface area (Å²) in [6.07, 6.45) is 3.12. The van der Waals surface area contributed by atoms with E-state index in [1.807, 2.05) is 0 Å². The lowest BCUT2D eigenvalue weighted by Crippen LogP contribution is -2.42. The van der Waals surface area contributed by atoms with Gasteiger partial charge in [-0.2, -0.15) is 0 Å². The van der Waals surface area contributed by atoms with Gasteiger partial charge in [0.15, 0.2) is 0 Å².